The van der Waals surface area contributed by atoms with Gasteiger partial charge in [0, 0.05) is 35.2 Å². The highest BCUT2D eigenvalue weighted by Crippen LogP contribution is 2.42. The number of alkyl halides is 2. The van der Waals surface area contributed by atoms with Crippen LogP contribution in [0.3, 0.4) is 0 Å². The number of carbonyl (C=O) groups is 1. The average Bonchev–Trinajstić information content (AvgIpc) is 3.18. The minimum Gasteiger partial charge on any atom is -0.491 e. The summed E-state index contributed by atoms with van der Waals surface area (Å²) in [5.41, 5.74) is 5.72. The lowest BCUT2D eigenvalue weighted by Crippen LogP contribution is -2.61. The molecule has 2 aliphatic rings. The van der Waals surface area contributed by atoms with Crippen LogP contribution in [0, 0.1) is 0 Å². The van der Waals surface area contributed by atoms with Crippen LogP contribution in [0.2, 0.25) is 0 Å². The van der Waals surface area contributed by atoms with Crippen LogP contribution in [0.1, 0.15) is 45.1 Å². The summed E-state index contributed by atoms with van der Waals surface area (Å²) in [7, 11) is -3.46. The van der Waals surface area contributed by atoms with Gasteiger partial charge in [0.15, 0.2) is 6.04 Å². The van der Waals surface area contributed by atoms with Gasteiger partial charge in [-0.25, -0.2) is 8.42 Å². The van der Waals surface area contributed by atoms with Crippen LogP contribution in [0.25, 0.3) is 10.8 Å². The lowest BCUT2D eigenvalue weighted by molar-refractivity contribution is -0.154. The van der Waals surface area contributed by atoms with Gasteiger partial charge in [-0.2, -0.15) is 13.1 Å². The van der Waals surface area contributed by atoms with Crippen molar-refractivity contribution in [2.24, 2.45) is 5.73 Å². The van der Waals surface area contributed by atoms with E-state index in [9.17, 15) is 13.2 Å². The molecule has 0 saturated carbocycles. The standard InChI is InChI=1S/C30H34BrF2N3O4S/c1-18(2)40-26-12-4-20-15-27(13-5-19(20)14-26)41(38,39)35(3)28(30(32,33)21-6-8-22(31)9-7-21)29(37)36-24-10-11-25(36)17-23(34)16-24/h4-9,12-15,18,23-25,28H,10-11,16-17,34H2,1-3H3/t23?,24?,25?,28-/m1/s1. The van der Waals surface area contributed by atoms with Crippen molar-refractivity contribution >= 4 is 42.6 Å². The first-order chi connectivity index (χ1) is 19.3. The predicted molar refractivity (Wildman–Crippen MR) is 157 cm³/mol. The molecule has 0 spiro atoms. The van der Waals surface area contributed by atoms with Gasteiger partial charge in [0.25, 0.3) is 5.92 Å². The summed E-state index contributed by atoms with van der Waals surface area (Å²) in [6.07, 6.45) is 2.29. The molecule has 11 heteroatoms. The van der Waals surface area contributed by atoms with Gasteiger partial charge in [-0.1, -0.05) is 40.2 Å². The molecule has 2 unspecified atom stereocenters. The van der Waals surface area contributed by atoms with E-state index in [1.54, 1.807) is 24.3 Å². The summed E-state index contributed by atoms with van der Waals surface area (Å²) in [4.78, 5) is 15.4. The monoisotopic (exact) mass is 649 g/mol. The van der Waals surface area contributed by atoms with Gasteiger partial charge < -0.3 is 15.4 Å². The van der Waals surface area contributed by atoms with Gasteiger partial charge in [0.05, 0.1) is 11.0 Å². The van der Waals surface area contributed by atoms with Gasteiger partial charge in [-0.15, -0.1) is 0 Å². The van der Waals surface area contributed by atoms with E-state index < -0.39 is 33.5 Å². The van der Waals surface area contributed by atoms with E-state index in [-0.39, 0.29) is 29.1 Å². The molecule has 0 aromatic heterocycles. The third-order valence-corrected chi connectivity index (χ3v) is 10.4. The second-order valence-electron chi connectivity index (χ2n) is 11.3. The number of sulfonamides is 1. The molecule has 5 rings (SSSR count). The van der Waals surface area contributed by atoms with E-state index >= 15 is 8.78 Å². The van der Waals surface area contributed by atoms with E-state index in [0.717, 1.165) is 12.4 Å². The third kappa shape index (κ3) is 5.74. The maximum absolute atomic E-state index is 16.4. The molecule has 2 fully saturated rings. The molecule has 2 saturated heterocycles. The molecule has 220 valence electrons. The lowest BCUT2D eigenvalue weighted by atomic mass is 9.94. The molecular formula is C30H34BrF2N3O4S. The summed E-state index contributed by atoms with van der Waals surface area (Å²) in [6, 6.07) is 12.0. The quantitative estimate of drug-likeness (QED) is 0.340. The van der Waals surface area contributed by atoms with Crippen LogP contribution >= 0.6 is 15.9 Å². The Bertz CT molecular complexity index is 1540. The summed E-state index contributed by atoms with van der Waals surface area (Å²) in [5, 5.41) is 1.33. The zero-order chi connectivity index (χ0) is 29.7. The van der Waals surface area contributed by atoms with Gasteiger partial charge >= 0.3 is 0 Å². The van der Waals surface area contributed by atoms with Crippen molar-refractivity contribution < 1.29 is 26.7 Å². The highest BCUT2D eigenvalue weighted by Gasteiger charge is 2.56. The molecule has 7 nitrogen and oxygen atoms in total. The molecule has 2 bridgehead atoms. The van der Waals surface area contributed by atoms with Crippen molar-refractivity contribution in [1.29, 1.82) is 0 Å². The maximum Gasteiger partial charge on any atom is 0.298 e. The normalized spacial score (nSPS) is 22.0. The zero-order valence-corrected chi connectivity index (χ0v) is 25.5. The van der Waals surface area contributed by atoms with Crippen molar-refractivity contribution in [3.63, 3.8) is 0 Å². The Labute approximate surface area is 247 Å². The predicted octanol–water partition coefficient (Wildman–Crippen LogP) is 5.65. The minimum atomic E-state index is -4.53. The number of rotatable bonds is 8. The molecule has 2 N–H and O–H groups in total. The number of hydrogen-bond acceptors (Lipinski definition) is 5. The van der Waals surface area contributed by atoms with E-state index in [0.29, 0.717) is 45.6 Å². The van der Waals surface area contributed by atoms with E-state index in [1.165, 1.54) is 41.3 Å². The second kappa shape index (κ2) is 11.2. The molecule has 3 aromatic carbocycles. The topological polar surface area (TPSA) is 92.9 Å². The Hall–Kier alpha value is -2.60. The van der Waals surface area contributed by atoms with Crippen LogP contribution in [0.5, 0.6) is 5.75 Å². The molecule has 2 heterocycles. The first-order valence-corrected chi connectivity index (χ1v) is 15.9. The minimum absolute atomic E-state index is 0.0338. The van der Waals surface area contributed by atoms with Crippen molar-refractivity contribution in [3.05, 3.63) is 70.7 Å². The SMILES string of the molecule is CC(C)Oc1ccc2cc(S(=O)(=O)N(C)[C@H](C(=O)N3C4CCC3CC(N)C4)C(F)(F)c3ccc(Br)cc3)ccc2c1. The Balaban J connectivity index is 1.55. The number of halogens is 3. The molecule has 3 aromatic rings. The number of fused-ring (bicyclic) bond motifs is 3. The van der Waals surface area contributed by atoms with Gasteiger partial charge in [-0.05, 0) is 86.7 Å². The Morgan fingerprint density at radius 2 is 1.61 bits per heavy atom. The van der Waals surface area contributed by atoms with Crippen molar-refractivity contribution in [1.82, 2.24) is 9.21 Å². The van der Waals surface area contributed by atoms with Crippen LogP contribution in [-0.4, -0.2) is 60.8 Å². The van der Waals surface area contributed by atoms with Gasteiger partial charge in [0.2, 0.25) is 15.9 Å². The lowest BCUT2D eigenvalue weighted by Gasteiger charge is -2.42. The average molecular weight is 651 g/mol. The highest BCUT2D eigenvalue weighted by molar-refractivity contribution is 9.10. The third-order valence-electron chi connectivity index (χ3n) is 8.03. The smallest absolute Gasteiger partial charge is 0.298 e. The Morgan fingerprint density at radius 3 is 2.22 bits per heavy atom. The summed E-state index contributed by atoms with van der Waals surface area (Å²) < 4.78 is 67.6. The number of benzene rings is 3. The Morgan fingerprint density at radius 1 is 1.02 bits per heavy atom. The van der Waals surface area contributed by atoms with Crippen LogP contribution < -0.4 is 10.5 Å². The number of amides is 1. The molecule has 0 radical (unpaired) electrons. The largest absolute Gasteiger partial charge is 0.491 e. The second-order valence-corrected chi connectivity index (χ2v) is 14.2. The summed E-state index contributed by atoms with van der Waals surface area (Å²) in [5.74, 6) is -4.09. The van der Waals surface area contributed by atoms with Crippen molar-refractivity contribution in [3.8, 4) is 5.75 Å². The number of carbonyl (C=O) groups excluding carboxylic acids is 1. The number of ether oxygens (including phenoxy) is 1. The van der Waals surface area contributed by atoms with Gasteiger partial charge in [0.1, 0.15) is 5.75 Å². The van der Waals surface area contributed by atoms with Crippen molar-refractivity contribution in [2.75, 3.05) is 7.05 Å². The van der Waals surface area contributed by atoms with Gasteiger partial charge in [-0.3, -0.25) is 4.79 Å². The van der Waals surface area contributed by atoms with E-state index in [2.05, 4.69) is 15.9 Å². The molecule has 2 aliphatic heterocycles. The fraction of sp³-hybridized carbons (Fsp3) is 0.433. The fourth-order valence-corrected chi connectivity index (χ4v) is 7.71. The first-order valence-electron chi connectivity index (χ1n) is 13.7. The van der Waals surface area contributed by atoms with E-state index in [1.807, 2.05) is 13.8 Å². The molecule has 41 heavy (non-hydrogen) atoms. The van der Waals surface area contributed by atoms with Crippen molar-refractivity contribution in [2.45, 2.75) is 80.6 Å². The highest BCUT2D eigenvalue weighted by atomic mass is 79.9. The molecular weight excluding hydrogens is 616 g/mol. The van der Waals surface area contributed by atoms with E-state index in [4.69, 9.17) is 10.5 Å². The van der Waals surface area contributed by atoms with Crippen LogP contribution in [0.15, 0.2) is 70.0 Å². The fourth-order valence-electron chi connectivity index (χ4n) is 6.10. The van der Waals surface area contributed by atoms with Crippen LogP contribution in [0.4, 0.5) is 8.78 Å². The number of hydrogen-bond donors (Lipinski definition) is 1. The number of piperidine rings is 1. The van der Waals surface area contributed by atoms with Crippen LogP contribution in [-0.2, 0) is 20.7 Å². The summed E-state index contributed by atoms with van der Waals surface area (Å²) >= 11 is 3.25. The number of nitrogens with zero attached hydrogens (tertiary/aromatic N) is 2. The number of nitrogens with two attached hydrogens (primary N) is 1. The summed E-state index contributed by atoms with van der Waals surface area (Å²) in [6.45, 7) is 3.81. The molecule has 3 atom stereocenters. The maximum atomic E-state index is 16.4. The molecule has 0 aliphatic carbocycles. The zero-order valence-electron chi connectivity index (χ0n) is 23.1. The number of likely N-dealkylation sites (N-methyl/N-ethyl adjacent to an activating group) is 1. The first kappa shape index (κ1) is 29.9. The Kier molecular flexibility index (Phi) is 8.19. The molecule has 1 amide bonds.